The highest BCUT2D eigenvalue weighted by Crippen LogP contribution is 2.31. The van der Waals surface area contributed by atoms with E-state index < -0.39 is 0 Å². The molecule has 1 aliphatic heterocycles. The van der Waals surface area contributed by atoms with Crippen LogP contribution in [0.3, 0.4) is 0 Å². The standard InChI is InChI=1S/C24H30O3/c1-3-20-9-11-21-15-23(16-22(21)12-10-20)27-14-8-6-5-7-13-25-17-24(4-2)18-26-19-24/h1,9-12,15-16H,4-8,13-14,17-19H2,2H3. The van der Waals surface area contributed by atoms with Crippen LogP contribution in [0.25, 0.3) is 11.1 Å². The van der Waals surface area contributed by atoms with Crippen molar-refractivity contribution in [3.05, 3.63) is 42.0 Å². The summed E-state index contributed by atoms with van der Waals surface area (Å²) in [5.41, 5.74) is 3.51. The normalized spacial score (nSPS) is 15.3. The van der Waals surface area contributed by atoms with Crippen LogP contribution in [0.5, 0.6) is 5.75 Å². The second-order valence-corrected chi connectivity index (χ2v) is 7.53. The van der Waals surface area contributed by atoms with E-state index in [1.54, 1.807) is 0 Å². The molecule has 1 heterocycles. The van der Waals surface area contributed by atoms with Crippen LogP contribution < -0.4 is 4.74 Å². The van der Waals surface area contributed by atoms with Crippen molar-refractivity contribution < 1.29 is 14.2 Å². The molecule has 0 bridgehead atoms. The van der Waals surface area contributed by atoms with E-state index in [4.69, 9.17) is 20.6 Å². The van der Waals surface area contributed by atoms with Gasteiger partial charge in [-0.3, -0.25) is 0 Å². The van der Waals surface area contributed by atoms with Crippen LogP contribution in [0, 0.1) is 17.8 Å². The van der Waals surface area contributed by atoms with Crippen molar-refractivity contribution >= 4 is 0 Å². The number of fused-ring (bicyclic) bond motifs is 1. The number of hydrogen-bond acceptors (Lipinski definition) is 3. The first-order valence-electron chi connectivity index (χ1n) is 10.0. The van der Waals surface area contributed by atoms with Gasteiger partial charge in [0, 0.05) is 17.6 Å². The van der Waals surface area contributed by atoms with Gasteiger partial charge in [-0.1, -0.05) is 31.4 Å². The number of terminal acetylenes is 1. The van der Waals surface area contributed by atoms with E-state index in [1.165, 1.54) is 12.8 Å². The van der Waals surface area contributed by atoms with Gasteiger partial charge in [0.2, 0.25) is 0 Å². The zero-order valence-electron chi connectivity index (χ0n) is 16.3. The Bertz CT molecular complexity index is 688. The average molecular weight is 367 g/mol. The fourth-order valence-corrected chi connectivity index (χ4v) is 3.32. The lowest BCUT2D eigenvalue weighted by molar-refractivity contribution is -0.150. The molecule has 0 aromatic heterocycles. The van der Waals surface area contributed by atoms with E-state index >= 15 is 0 Å². The minimum absolute atomic E-state index is 0.302. The summed E-state index contributed by atoms with van der Waals surface area (Å²) in [6.45, 7) is 6.40. The molecule has 0 saturated carbocycles. The van der Waals surface area contributed by atoms with E-state index in [0.29, 0.717) is 5.41 Å². The van der Waals surface area contributed by atoms with Crippen molar-refractivity contribution in [3.8, 4) is 29.2 Å². The molecule has 0 amide bonds. The molecule has 3 aliphatic rings. The van der Waals surface area contributed by atoms with Crippen LogP contribution in [0.1, 0.15) is 44.6 Å². The van der Waals surface area contributed by atoms with Gasteiger partial charge in [0.1, 0.15) is 5.75 Å². The lowest BCUT2D eigenvalue weighted by atomic mass is 9.84. The molecule has 3 rings (SSSR count). The third kappa shape index (κ3) is 5.48. The summed E-state index contributed by atoms with van der Waals surface area (Å²) in [5, 5.41) is 0. The van der Waals surface area contributed by atoms with Crippen LogP contribution in [-0.2, 0) is 9.47 Å². The smallest absolute Gasteiger partial charge is 0.120 e. The van der Waals surface area contributed by atoms with Crippen LogP contribution in [-0.4, -0.2) is 33.0 Å². The lowest BCUT2D eigenvalue weighted by Crippen LogP contribution is -2.45. The van der Waals surface area contributed by atoms with E-state index in [9.17, 15) is 0 Å². The molecule has 3 heteroatoms. The second kappa shape index (κ2) is 9.78. The SMILES string of the molecule is C#Cc1ccc2cc(OCCCCCCOCC3(CC)COC3)cc-2cc1. The summed E-state index contributed by atoms with van der Waals surface area (Å²) < 4.78 is 17.1. The molecule has 1 fully saturated rings. The molecule has 2 aliphatic carbocycles. The molecule has 3 nitrogen and oxygen atoms in total. The zero-order chi connectivity index (χ0) is 19.0. The van der Waals surface area contributed by atoms with E-state index in [2.05, 4.69) is 37.1 Å². The number of unbranched alkanes of at least 4 members (excludes halogenated alkanes) is 3. The first kappa shape index (κ1) is 19.7. The predicted molar refractivity (Wildman–Crippen MR) is 109 cm³/mol. The lowest BCUT2D eigenvalue weighted by Gasteiger charge is -2.40. The molecule has 0 unspecified atom stereocenters. The molecule has 0 spiro atoms. The third-order valence-corrected chi connectivity index (χ3v) is 5.41. The van der Waals surface area contributed by atoms with Crippen LogP contribution in [0.15, 0.2) is 36.4 Å². The topological polar surface area (TPSA) is 27.7 Å². The van der Waals surface area contributed by atoms with Gasteiger partial charge in [-0.15, -0.1) is 6.42 Å². The fourth-order valence-electron chi connectivity index (χ4n) is 3.32. The van der Waals surface area contributed by atoms with Crippen molar-refractivity contribution in [3.63, 3.8) is 0 Å². The number of hydrogen-bond donors (Lipinski definition) is 0. The molecule has 0 aromatic carbocycles. The maximum Gasteiger partial charge on any atom is 0.120 e. The Hall–Kier alpha value is -2.02. The van der Waals surface area contributed by atoms with Gasteiger partial charge in [0.05, 0.1) is 26.4 Å². The highest BCUT2D eigenvalue weighted by Gasteiger charge is 2.36. The first-order valence-corrected chi connectivity index (χ1v) is 10.0. The number of ether oxygens (including phenoxy) is 3. The summed E-state index contributed by atoms with van der Waals surface area (Å²) in [7, 11) is 0. The quantitative estimate of drug-likeness (QED) is 0.406. The summed E-state index contributed by atoms with van der Waals surface area (Å²) >= 11 is 0. The summed E-state index contributed by atoms with van der Waals surface area (Å²) in [6.07, 6.45) is 11.1. The van der Waals surface area contributed by atoms with E-state index in [1.807, 2.05) is 12.1 Å². The van der Waals surface area contributed by atoms with Crippen LogP contribution in [0.4, 0.5) is 0 Å². The highest BCUT2D eigenvalue weighted by molar-refractivity contribution is 5.70. The minimum atomic E-state index is 0.302. The second-order valence-electron chi connectivity index (χ2n) is 7.53. The van der Waals surface area contributed by atoms with Gasteiger partial charge in [-0.05, 0) is 61.1 Å². The summed E-state index contributed by atoms with van der Waals surface area (Å²) in [5.74, 6) is 3.60. The molecule has 1 saturated heterocycles. The van der Waals surface area contributed by atoms with E-state index in [-0.39, 0.29) is 0 Å². The molecular weight excluding hydrogens is 336 g/mol. The molecule has 0 radical (unpaired) electrons. The Morgan fingerprint density at radius 3 is 2.22 bits per heavy atom. The van der Waals surface area contributed by atoms with Gasteiger partial charge in [0.25, 0.3) is 0 Å². The summed E-state index contributed by atoms with van der Waals surface area (Å²) in [4.78, 5) is 0. The van der Waals surface area contributed by atoms with Crippen molar-refractivity contribution in [2.24, 2.45) is 5.41 Å². The van der Waals surface area contributed by atoms with Crippen molar-refractivity contribution in [1.29, 1.82) is 0 Å². The number of rotatable bonds is 11. The van der Waals surface area contributed by atoms with Crippen LogP contribution >= 0.6 is 0 Å². The Morgan fingerprint density at radius 2 is 1.67 bits per heavy atom. The van der Waals surface area contributed by atoms with Crippen molar-refractivity contribution in [2.45, 2.75) is 39.0 Å². The molecule has 0 aromatic rings. The first-order chi connectivity index (χ1) is 13.2. The van der Waals surface area contributed by atoms with Crippen LogP contribution in [0.2, 0.25) is 0 Å². The highest BCUT2D eigenvalue weighted by atomic mass is 16.5. The van der Waals surface area contributed by atoms with Crippen molar-refractivity contribution in [2.75, 3.05) is 33.0 Å². The molecule has 27 heavy (non-hydrogen) atoms. The zero-order valence-corrected chi connectivity index (χ0v) is 16.3. The molecule has 0 atom stereocenters. The average Bonchev–Trinajstić information content (AvgIpc) is 2.94. The Balaban J connectivity index is 1.27. The molecule has 144 valence electrons. The predicted octanol–water partition coefficient (Wildman–Crippen LogP) is 5.16. The van der Waals surface area contributed by atoms with E-state index in [0.717, 1.165) is 74.7 Å². The fraction of sp³-hybridized carbons (Fsp3) is 0.500. The maximum atomic E-state index is 5.90. The largest absolute Gasteiger partial charge is 0.494 e. The van der Waals surface area contributed by atoms with Gasteiger partial charge < -0.3 is 14.2 Å². The third-order valence-electron chi connectivity index (χ3n) is 5.41. The summed E-state index contributed by atoms with van der Waals surface area (Å²) in [6, 6.07) is 12.2. The Labute approximate surface area is 163 Å². The Morgan fingerprint density at radius 1 is 1.00 bits per heavy atom. The molecular formula is C24H30O3. The van der Waals surface area contributed by atoms with Gasteiger partial charge in [-0.25, -0.2) is 0 Å². The van der Waals surface area contributed by atoms with Crippen molar-refractivity contribution in [1.82, 2.24) is 0 Å². The maximum absolute atomic E-state index is 5.90. The minimum Gasteiger partial charge on any atom is -0.494 e. The monoisotopic (exact) mass is 366 g/mol. The van der Waals surface area contributed by atoms with Gasteiger partial charge in [-0.2, -0.15) is 0 Å². The van der Waals surface area contributed by atoms with Gasteiger partial charge >= 0.3 is 0 Å². The Kier molecular flexibility index (Phi) is 7.15. The van der Waals surface area contributed by atoms with Gasteiger partial charge in [0.15, 0.2) is 0 Å². The molecule has 0 N–H and O–H groups in total.